The van der Waals surface area contributed by atoms with Crippen molar-refractivity contribution in [2.45, 2.75) is 26.3 Å². The normalized spacial score (nSPS) is 10.5. The maximum absolute atomic E-state index is 12.7. The van der Waals surface area contributed by atoms with Crippen molar-refractivity contribution in [3.8, 4) is 0 Å². The van der Waals surface area contributed by atoms with Gasteiger partial charge in [0.15, 0.2) is 0 Å². The molecule has 1 amide bonds. The number of hydrogen-bond donors (Lipinski definition) is 1. The molecule has 2 aromatic rings. The number of nitrogens with one attached hydrogen (secondary N) is 1. The van der Waals surface area contributed by atoms with Gasteiger partial charge >= 0.3 is 0 Å². The van der Waals surface area contributed by atoms with Crippen LogP contribution in [0.5, 0.6) is 0 Å². The maximum atomic E-state index is 12.7. The van der Waals surface area contributed by atoms with Gasteiger partial charge in [0.2, 0.25) is 0 Å². The third kappa shape index (κ3) is 3.66. The summed E-state index contributed by atoms with van der Waals surface area (Å²) in [5.41, 5.74) is 0.475. The van der Waals surface area contributed by atoms with Gasteiger partial charge in [-0.1, -0.05) is 6.92 Å². The van der Waals surface area contributed by atoms with E-state index < -0.39 is 0 Å². The van der Waals surface area contributed by atoms with Gasteiger partial charge in [0.25, 0.3) is 5.91 Å². The van der Waals surface area contributed by atoms with E-state index in [4.69, 9.17) is 0 Å². The zero-order chi connectivity index (χ0) is 14.4. The molecule has 0 fully saturated rings. The lowest BCUT2D eigenvalue weighted by Crippen LogP contribution is -2.25. The molecule has 4 nitrogen and oxygen atoms in total. The summed E-state index contributed by atoms with van der Waals surface area (Å²) in [4.78, 5) is 16.0. The van der Waals surface area contributed by atoms with Crippen molar-refractivity contribution in [3.05, 3.63) is 53.9 Å². The highest BCUT2D eigenvalue weighted by atomic mass is 19.1. The third-order valence-electron chi connectivity index (χ3n) is 3.09. The average Bonchev–Trinajstić information content (AvgIpc) is 2.91. The fourth-order valence-corrected chi connectivity index (χ4v) is 2.01. The van der Waals surface area contributed by atoms with E-state index in [9.17, 15) is 9.18 Å². The quantitative estimate of drug-likeness (QED) is 0.823. The van der Waals surface area contributed by atoms with Crippen LogP contribution in [0.25, 0.3) is 0 Å². The highest BCUT2D eigenvalue weighted by Gasteiger charge is 2.05. The fourth-order valence-electron chi connectivity index (χ4n) is 2.01. The van der Waals surface area contributed by atoms with Gasteiger partial charge in [-0.25, -0.2) is 9.37 Å². The van der Waals surface area contributed by atoms with Crippen molar-refractivity contribution in [1.29, 1.82) is 0 Å². The summed E-state index contributed by atoms with van der Waals surface area (Å²) in [5.74, 6) is 0.537. The van der Waals surface area contributed by atoms with Crippen molar-refractivity contribution in [2.24, 2.45) is 0 Å². The summed E-state index contributed by atoms with van der Waals surface area (Å²) >= 11 is 0. The molecule has 106 valence electrons. The summed E-state index contributed by atoms with van der Waals surface area (Å²) in [6.07, 6.45) is 5.46. The molecule has 0 unspecified atom stereocenters. The summed E-state index contributed by atoms with van der Waals surface area (Å²) in [6, 6.07) is 5.54. The van der Waals surface area contributed by atoms with E-state index in [0.717, 1.165) is 25.2 Å². The minimum absolute atomic E-state index is 0.175. The molecule has 1 N–H and O–H groups in total. The number of aromatic nitrogens is 2. The van der Waals surface area contributed by atoms with E-state index in [1.807, 2.05) is 6.20 Å². The molecule has 2 rings (SSSR count). The number of hydrogen-bond acceptors (Lipinski definition) is 2. The second-order valence-electron chi connectivity index (χ2n) is 4.51. The lowest BCUT2D eigenvalue weighted by Gasteiger charge is -2.08. The van der Waals surface area contributed by atoms with Gasteiger partial charge < -0.3 is 9.88 Å². The minimum atomic E-state index is -0.339. The van der Waals surface area contributed by atoms with Crippen molar-refractivity contribution in [2.75, 3.05) is 6.54 Å². The van der Waals surface area contributed by atoms with E-state index in [2.05, 4.69) is 21.8 Å². The highest BCUT2D eigenvalue weighted by Crippen LogP contribution is 2.03. The van der Waals surface area contributed by atoms with E-state index in [1.165, 1.54) is 24.3 Å². The summed E-state index contributed by atoms with van der Waals surface area (Å²) in [5, 5.41) is 2.82. The molecule has 1 aromatic heterocycles. The zero-order valence-corrected chi connectivity index (χ0v) is 11.5. The Bertz CT molecular complexity index is 563. The second-order valence-corrected chi connectivity index (χ2v) is 4.51. The number of aryl methyl sites for hydroxylation is 2. The van der Waals surface area contributed by atoms with Gasteiger partial charge in [-0.05, 0) is 30.7 Å². The first kappa shape index (κ1) is 14.2. The topological polar surface area (TPSA) is 46.9 Å². The number of nitrogens with zero attached hydrogens (tertiary/aromatic N) is 2. The molecule has 0 bridgehead atoms. The van der Waals surface area contributed by atoms with Crippen molar-refractivity contribution in [3.63, 3.8) is 0 Å². The number of halogens is 1. The molecule has 0 aliphatic heterocycles. The van der Waals surface area contributed by atoms with E-state index in [-0.39, 0.29) is 11.7 Å². The van der Waals surface area contributed by atoms with Crippen LogP contribution in [0.3, 0.4) is 0 Å². The van der Waals surface area contributed by atoms with Gasteiger partial charge in [-0.3, -0.25) is 4.79 Å². The summed E-state index contributed by atoms with van der Waals surface area (Å²) < 4.78 is 14.8. The molecule has 0 saturated heterocycles. The van der Waals surface area contributed by atoms with E-state index in [0.29, 0.717) is 12.1 Å². The lowest BCUT2D eigenvalue weighted by atomic mass is 10.2. The first-order valence-corrected chi connectivity index (χ1v) is 6.74. The van der Waals surface area contributed by atoms with Crippen LogP contribution in [0.1, 0.15) is 29.5 Å². The van der Waals surface area contributed by atoms with Crippen LogP contribution >= 0.6 is 0 Å². The molecule has 0 atom stereocenters. The van der Waals surface area contributed by atoms with Crippen LogP contribution in [0, 0.1) is 5.82 Å². The number of carbonyl (C=O) groups excluding carboxylic acids is 1. The van der Waals surface area contributed by atoms with Crippen LogP contribution in [0.2, 0.25) is 0 Å². The largest absolute Gasteiger partial charge is 0.352 e. The summed E-state index contributed by atoms with van der Waals surface area (Å²) in [6.45, 7) is 3.47. The van der Waals surface area contributed by atoms with Crippen molar-refractivity contribution in [1.82, 2.24) is 14.9 Å². The van der Waals surface area contributed by atoms with Crippen LogP contribution < -0.4 is 5.32 Å². The predicted octanol–water partition coefficient (Wildman–Crippen LogP) is 2.40. The molecule has 0 spiro atoms. The Hall–Kier alpha value is -2.17. The molecule has 5 heteroatoms. The van der Waals surface area contributed by atoms with Gasteiger partial charge in [0.05, 0.1) is 0 Å². The van der Waals surface area contributed by atoms with Gasteiger partial charge in [-0.15, -0.1) is 0 Å². The monoisotopic (exact) mass is 275 g/mol. The molecular formula is C15H18FN3O. The highest BCUT2D eigenvalue weighted by molar-refractivity contribution is 5.94. The van der Waals surface area contributed by atoms with E-state index >= 15 is 0 Å². The molecule has 0 aliphatic rings. The standard InChI is InChI=1S/C15H18FN3O/c1-2-14-17-9-11-19(14)10-3-8-18-15(20)12-4-6-13(16)7-5-12/h4-7,9,11H,2-3,8,10H2,1H3,(H,18,20). The SMILES string of the molecule is CCc1nccn1CCCNC(=O)c1ccc(F)cc1. The Morgan fingerprint density at radius 2 is 2.10 bits per heavy atom. The maximum Gasteiger partial charge on any atom is 0.251 e. The molecule has 0 aliphatic carbocycles. The Morgan fingerprint density at radius 1 is 1.35 bits per heavy atom. The molecule has 1 heterocycles. The number of carbonyl (C=O) groups is 1. The molecule has 0 radical (unpaired) electrons. The fraction of sp³-hybridized carbons (Fsp3) is 0.333. The number of rotatable bonds is 6. The number of imidazole rings is 1. The van der Waals surface area contributed by atoms with Gasteiger partial charge in [0.1, 0.15) is 11.6 Å². The van der Waals surface area contributed by atoms with Crippen molar-refractivity contribution >= 4 is 5.91 Å². The number of benzene rings is 1. The summed E-state index contributed by atoms with van der Waals surface area (Å²) in [7, 11) is 0. The first-order valence-electron chi connectivity index (χ1n) is 6.74. The lowest BCUT2D eigenvalue weighted by molar-refractivity contribution is 0.0952. The predicted molar refractivity (Wildman–Crippen MR) is 75.0 cm³/mol. The third-order valence-corrected chi connectivity index (χ3v) is 3.09. The Balaban J connectivity index is 1.76. The van der Waals surface area contributed by atoms with Crippen LogP contribution in [-0.2, 0) is 13.0 Å². The number of amides is 1. The Morgan fingerprint density at radius 3 is 2.80 bits per heavy atom. The van der Waals surface area contributed by atoms with E-state index in [1.54, 1.807) is 6.20 Å². The molecule has 1 aromatic carbocycles. The first-order chi connectivity index (χ1) is 9.70. The molecule has 0 saturated carbocycles. The molecular weight excluding hydrogens is 257 g/mol. The van der Waals surface area contributed by atoms with Gasteiger partial charge in [0, 0.05) is 37.5 Å². The minimum Gasteiger partial charge on any atom is -0.352 e. The van der Waals surface area contributed by atoms with Gasteiger partial charge in [-0.2, -0.15) is 0 Å². The molecule has 20 heavy (non-hydrogen) atoms. The Labute approximate surface area is 117 Å². The van der Waals surface area contributed by atoms with Crippen molar-refractivity contribution < 1.29 is 9.18 Å². The van der Waals surface area contributed by atoms with Crippen LogP contribution in [0.4, 0.5) is 4.39 Å². The second kappa shape index (κ2) is 6.84. The smallest absolute Gasteiger partial charge is 0.251 e. The van der Waals surface area contributed by atoms with Crippen LogP contribution in [0.15, 0.2) is 36.7 Å². The Kier molecular flexibility index (Phi) is 4.87. The average molecular weight is 275 g/mol. The van der Waals surface area contributed by atoms with Crippen LogP contribution in [-0.4, -0.2) is 22.0 Å². The zero-order valence-electron chi connectivity index (χ0n) is 11.5.